The molecule has 0 amide bonds. The van der Waals surface area contributed by atoms with Crippen LogP contribution in [0.4, 0.5) is 0 Å². The van der Waals surface area contributed by atoms with Gasteiger partial charge in [-0.25, -0.2) is 0 Å². The quantitative estimate of drug-likeness (QED) is 0.586. The Morgan fingerprint density at radius 3 is 2.71 bits per heavy atom. The van der Waals surface area contributed by atoms with Crippen LogP contribution in [0.3, 0.4) is 0 Å². The van der Waals surface area contributed by atoms with Crippen LogP contribution in [0.2, 0.25) is 5.02 Å². The molecule has 1 aromatic heterocycles. The standard InChI is InChI=1S/C22H22ClNO4/c1-14-20(15-4-6-16(23)7-5-15)21(25)17-8-9-19-18(22(17)28-14)12-24(13-27-19)10-3-11-26-2/h4-9H,3,10-13H2,1-2H3. The van der Waals surface area contributed by atoms with E-state index in [1.165, 1.54) is 0 Å². The number of fused-ring (bicyclic) bond motifs is 3. The summed E-state index contributed by atoms with van der Waals surface area (Å²) >= 11 is 5.98. The van der Waals surface area contributed by atoms with Crippen LogP contribution < -0.4 is 10.2 Å². The lowest BCUT2D eigenvalue weighted by Gasteiger charge is -2.29. The van der Waals surface area contributed by atoms with Crippen LogP contribution in [0.15, 0.2) is 45.6 Å². The zero-order valence-corrected chi connectivity index (χ0v) is 16.7. The summed E-state index contributed by atoms with van der Waals surface area (Å²) in [6.45, 7) is 4.59. The number of rotatable bonds is 5. The van der Waals surface area contributed by atoms with E-state index in [1.54, 1.807) is 25.3 Å². The topological polar surface area (TPSA) is 51.9 Å². The van der Waals surface area contributed by atoms with Crippen molar-refractivity contribution in [3.63, 3.8) is 0 Å². The van der Waals surface area contributed by atoms with Gasteiger partial charge < -0.3 is 13.9 Å². The normalized spacial score (nSPS) is 14.1. The highest BCUT2D eigenvalue weighted by atomic mass is 35.5. The zero-order valence-electron chi connectivity index (χ0n) is 16.0. The number of halogens is 1. The second-order valence-electron chi connectivity index (χ2n) is 6.96. The minimum atomic E-state index is -0.0413. The molecule has 0 fully saturated rings. The van der Waals surface area contributed by atoms with Crippen molar-refractivity contribution in [3.8, 4) is 16.9 Å². The maximum absolute atomic E-state index is 13.2. The molecule has 5 nitrogen and oxygen atoms in total. The number of ether oxygens (including phenoxy) is 2. The molecule has 6 heteroatoms. The average molecular weight is 400 g/mol. The van der Waals surface area contributed by atoms with Crippen LogP contribution >= 0.6 is 11.6 Å². The first-order valence-electron chi connectivity index (χ1n) is 9.28. The first kappa shape index (κ1) is 19.0. The molecule has 0 aliphatic carbocycles. The highest BCUT2D eigenvalue weighted by Crippen LogP contribution is 2.34. The van der Waals surface area contributed by atoms with Gasteiger partial charge in [0, 0.05) is 31.8 Å². The Labute approximate surface area is 168 Å². The lowest BCUT2D eigenvalue weighted by Crippen LogP contribution is -2.33. The predicted octanol–water partition coefficient (Wildman–Crippen LogP) is 4.61. The van der Waals surface area contributed by atoms with Gasteiger partial charge in [0.1, 0.15) is 23.8 Å². The molecule has 3 aromatic rings. The fourth-order valence-corrected chi connectivity index (χ4v) is 3.77. The molecule has 0 unspecified atom stereocenters. The van der Waals surface area contributed by atoms with Gasteiger partial charge in [-0.1, -0.05) is 23.7 Å². The minimum absolute atomic E-state index is 0.0413. The molecule has 0 radical (unpaired) electrons. The van der Waals surface area contributed by atoms with Crippen molar-refractivity contribution in [3.05, 3.63) is 63.0 Å². The molecule has 2 aromatic carbocycles. The number of nitrogens with zero attached hydrogens (tertiary/aromatic N) is 1. The summed E-state index contributed by atoms with van der Waals surface area (Å²) in [6, 6.07) is 10.9. The third-order valence-electron chi connectivity index (χ3n) is 5.04. The number of aryl methyl sites for hydroxylation is 1. The maximum Gasteiger partial charge on any atom is 0.200 e. The van der Waals surface area contributed by atoms with E-state index in [1.807, 2.05) is 25.1 Å². The summed E-state index contributed by atoms with van der Waals surface area (Å²) in [6.07, 6.45) is 0.920. The van der Waals surface area contributed by atoms with Gasteiger partial charge in [0.05, 0.1) is 16.5 Å². The molecule has 28 heavy (non-hydrogen) atoms. The zero-order chi connectivity index (χ0) is 19.7. The second kappa shape index (κ2) is 7.95. The van der Waals surface area contributed by atoms with Crippen LogP contribution in [0.5, 0.6) is 5.75 Å². The molecule has 2 heterocycles. The van der Waals surface area contributed by atoms with Gasteiger partial charge >= 0.3 is 0 Å². The SMILES string of the molecule is COCCCN1COc2ccc3c(=O)c(-c4ccc(Cl)cc4)c(C)oc3c2C1. The van der Waals surface area contributed by atoms with Crippen molar-refractivity contribution in [2.24, 2.45) is 0 Å². The summed E-state index contributed by atoms with van der Waals surface area (Å²) in [5.41, 5.74) is 2.85. The Hall–Kier alpha value is -2.34. The van der Waals surface area contributed by atoms with E-state index in [2.05, 4.69) is 4.90 Å². The van der Waals surface area contributed by atoms with E-state index in [0.29, 0.717) is 47.2 Å². The Kier molecular flexibility index (Phi) is 5.40. The monoisotopic (exact) mass is 399 g/mol. The molecule has 1 aliphatic heterocycles. The van der Waals surface area contributed by atoms with Gasteiger partial charge in [0.2, 0.25) is 5.43 Å². The van der Waals surface area contributed by atoms with Gasteiger partial charge in [-0.3, -0.25) is 9.69 Å². The van der Waals surface area contributed by atoms with Gasteiger partial charge in [-0.05, 0) is 43.2 Å². The first-order valence-corrected chi connectivity index (χ1v) is 9.65. The summed E-state index contributed by atoms with van der Waals surface area (Å²) in [7, 11) is 1.70. The van der Waals surface area contributed by atoms with E-state index in [4.69, 9.17) is 25.5 Å². The van der Waals surface area contributed by atoms with Crippen LogP contribution in [0.1, 0.15) is 17.7 Å². The molecule has 0 atom stereocenters. The predicted molar refractivity (Wildman–Crippen MR) is 110 cm³/mol. The lowest BCUT2D eigenvalue weighted by molar-refractivity contribution is 0.0838. The Balaban J connectivity index is 1.77. The van der Waals surface area contributed by atoms with Crippen molar-refractivity contribution in [2.45, 2.75) is 19.9 Å². The van der Waals surface area contributed by atoms with E-state index >= 15 is 0 Å². The highest BCUT2D eigenvalue weighted by Gasteiger charge is 2.23. The van der Waals surface area contributed by atoms with Crippen LogP contribution in [-0.4, -0.2) is 31.9 Å². The Bertz CT molecular complexity index is 1060. The average Bonchev–Trinajstić information content (AvgIpc) is 2.69. The molecule has 4 rings (SSSR count). The van der Waals surface area contributed by atoms with Crippen molar-refractivity contribution < 1.29 is 13.9 Å². The van der Waals surface area contributed by atoms with Crippen LogP contribution in [-0.2, 0) is 11.3 Å². The third kappa shape index (κ3) is 3.53. The lowest BCUT2D eigenvalue weighted by atomic mass is 10.0. The van der Waals surface area contributed by atoms with Gasteiger partial charge in [-0.15, -0.1) is 0 Å². The van der Waals surface area contributed by atoms with Gasteiger partial charge in [0.15, 0.2) is 0 Å². The van der Waals surface area contributed by atoms with Gasteiger partial charge in [-0.2, -0.15) is 0 Å². The van der Waals surface area contributed by atoms with E-state index in [9.17, 15) is 4.79 Å². The van der Waals surface area contributed by atoms with Crippen LogP contribution in [0.25, 0.3) is 22.1 Å². The number of hydrogen-bond acceptors (Lipinski definition) is 5. The van der Waals surface area contributed by atoms with Crippen molar-refractivity contribution in [2.75, 3.05) is 27.0 Å². The molecule has 1 aliphatic rings. The summed E-state index contributed by atoms with van der Waals surface area (Å²) in [5.74, 6) is 1.36. The fraction of sp³-hybridized carbons (Fsp3) is 0.318. The highest BCUT2D eigenvalue weighted by molar-refractivity contribution is 6.30. The van der Waals surface area contributed by atoms with Gasteiger partial charge in [0.25, 0.3) is 0 Å². The molecular weight excluding hydrogens is 378 g/mol. The van der Waals surface area contributed by atoms with E-state index in [0.717, 1.165) is 29.8 Å². The second-order valence-corrected chi connectivity index (χ2v) is 7.40. The van der Waals surface area contributed by atoms with E-state index in [-0.39, 0.29) is 5.43 Å². The Morgan fingerprint density at radius 2 is 1.96 bits per heavy atom. The summed E-state index contributed by atoms with van der Waals surface area (Å²) in [4.78, 5) is 15.4. The number of hydrogen-bond donors (Lipinski definition) is 0. The van der Waals surface area contributed by atoms with E-state index < -0.39 is 0 Å². The molecular formula is C22H22ClNO4. The first-order chi connectivity index (χ1) is 13.6. The fourth-order valence-electron chi connectivity index (χ4n) is 3.65. The number of methoxy groups -OCH3 is 1. The summed E-state index contributed by atoms with van der Waals surface area (Å²) in [5, 5.41) is 1.20. The Morgan fingerprint density at radius 1 is 1.18 bits per heavy atom. The molecule has 0 bridgehead atoms. The molecule has 0 N–H and O–H groups in total. The van der Waals surface area contributed by atoms with Crippen molar-refractivity contribution >= 4 is 22.6 Å². The molecule has 0 saturated carbocycles. The maximum atomic E-state index is 13.2. The summed E-state index contributed by atoms with van der Waals surface area (Å²) < 4.78 is 17.2. The minimum Gasteiger partial charge on any atom is -0.478 e. The number of benzene rings is 2. The van der Waals surface area contributed by atoms with Crippen molar-refractivity contribution in [1.82, 2.24) is 4.90 Å². The van der Waals surface area contributed by atoms with Crippen LogP contribution in [0, 0.1) is 6.92 Å². The smallest absolute Gasteiger partial charge is 0.200 e. The molecule has 146 valence electrons. The van der Waals surface area contributed by atoms with Crippen molar-refractivity contribution in [1.29, 1.82) is 0 Å². The largest absolute Gasteiger partial charge is 0.478 e. The third-order valence-corrected chi connectivity index (χ3v) is 5.29. The molecule has 0 spiro atoms. The molecule has 0 saturated heterocycles.